The number of ether oxygens (including phenoxy) is 1. The standard InChI is InChI=1S/C13H15F3N4O2/c1-22-8-7-20(6-2-4-17)12(21)19-11-9-10(3-5-18-11)13(14,15)16/h3,5,9H,2,6-8H2,1H3,(H,18,19,21). The molecule has 0 bridgehead atoms. The summed E-state index contributed by atoms with van der Waals surface area (Å²) in [4.78, 5) is 17.0. The molecule has 1 aromatic heterocycles. The van der Waals surface area contributed by atoms with Crippen molar-refractivity contribution in [2.75, 3.05) is 32.1 Å². The summed E-state index contributed by atoms with van der Waals surface area (Å²) in [6, 6.07) is 2.82. The fraction of sp³-hybridized carbons (Fsp3) is 0.462. The Morgan fingerprint density at radius 1 is 1.50 bits per heavy atom. The molecule has 0 spiro atoms. The maximum absolute atomic E-state index is 12.6. The molecule has 0 saturated carbocycles. The van der Waals surface area contributed by atoms with Crippen molar-refractivity contribution >= 4 is 11.8 Å². The SMILES string of the molecule is COCCN(CCC#N)C(=O)Nc1cc(C(F)(F)F)ccn1. The third-order valence-electron chi connectivity index (χ3n) is 2.67. The topological polar surface area (TPSA) is 78.2 Å². The van der Waals surface area contributed by atoms with E-state index in [1.165, 1.54) is 12.0 Å². The van der Waals surface area contributed by atoms with Crippen molar-refractivity contribution in [1.82, 2.24) is 9.88 Å². The molecule has 0 saturated heterocycles. The number of carbonyl (C=O) groups excluding carboxylic acids is 1. The lowest BCUT2D eigenvalue weighted by molar-refractivity contribution is -0.137. The van der Waals surface area contributed by atoms with Crippen molar-refractivity contribution < 1.29 is 22.7 Å². The average Bonchev–Trinajstić information content (AvgIpc) is 2.46. The molecule has 0 fully saturated rings. The van der Waals surface area contributed by atoms with E-state index in [1.807, 2.05) is 6.07 Å². The van der Waals surface area contributed by atoms with Crippen molar-refractivity contribution in [2.24, 2.45) is 0 Å². The van der Waals surface area contributed by atoms with Gasteiger partial charge in [-0.15, -0.1) is 0 Å². The lowest BCUT2D eigenvalue weighted by Gasteiger charge is -2.21. The van der Waals surface area contributed by atoms with Gasteiger partial charge in [-0.05, 0) is 12.1 Å². The number of methoxy groups -OCH3 is 1. The number of halogens is 3. The van der Waals surface area contributed by atoms with Crippen LogP contribution in [-0.2, 0) is 10.9 Å². The van der Waals surface area contributed by atoms with E-state index in [9.17, 15) is 18.0 Å². The summed E-state index contributed by atoms with van der Waals surface area (Å²) in [7, 11) is 1.45. The number of amides is 2. The zero-order valence-corrected chi connectivity index (χ0v) is 11.9. The Bertz CT molecular complexity index is 543. The van der Waals surface area contributed by atoms with Crippen LogP contribution in [0.4, 0.5) is 23.8 Å². The molecule has 120 valence electrons. The third-order valence-corrected chi connectivity index (χ3v) is 2.67. The van der Waals surface area contributed by atoms with Gasteiger partial charge < -0.3 is 9.64 Å². The summed E-state index contributed by atoms with van der Waals surface area (Å²) in [6.45, 7) is 0.600. The van der Waals surface area contributed by atoms with E-state index in [0.29, 0.717) is 0 Å². The number of aromatic nitrogens is 1. The number of pyridine rings is 1. The molecule has 0 aliphatic heterocycles. The Balaban J connectivity index is 2.78. The van der Waals surface area contributed by atoms with Crippen LogP contribution < -0.4 is 5.32 Å². The van der Waals surface area contributed by atoms with Crippen LogP contribution in [0.15, 0.2) is 18.3 Å². The highest BCUT2D eigenvalue weighted by molar-refractivity contribution is 5.88. The van der Waals surface area contributed by atoms with Gasteiger partial charge in [0.05, 0.1) is 24.7 Å². The number of hydrogen-bond acceptors (Lipinski definition) is 4. The van der Waals surface area contributed by atoms with Crippen LogP contribution in [0.3, 0.4) is 0 Å². The molecule has 0 aliphatic rings. The van der Waals surface area contributed by atoms with E-state index in [2.05, 4.69) is 10.3 Å². The molecule has 1 rings (SSSR count). The number of urea groups is 1. The summed E-state index contributed by atoms with van der Waals surface area (Å²) < 4.78 is 42.6. The minimum Gasteiger partial charge on any atom is -0.383 e. The molecule has 22 heavy (non-hydrogen) atoms. The predicted molar refractivity (Wildman–Crippen MR) is 71.9 cm³/mol. The number of alkyl halides is 3. The van der Waals surface area contributed by atoms with E-state index >= 15 is 0 Å². The highest BCUT2D eigenvalue weighted by atomic mass is 19.4. The largest absolute Gasteiger partial charge is 0.416 e. The molecular weight excluding hydrogens is 301 g/mol. The molecule has 0 unspecified atom stereocenters. The Morgan fingerprint density at radius 2 is 2.23 bits per heavy atom. The van der Waals surface area contributed by atoms with Crippen LogP contribution in [-0.4, -0.2) is 42.7 Å². The van der Waals surface area contributed by atoms with Crippen LogP contribution in [0.25, 0.3) is 0 Å². The van der Waals surface area contributed by atoms with Gasteiger partial charge in [-0.2, -0.15) is 18.4 Å². The zero-order chi connectivity index (χ0) is 16.6. The highest BCUT2D eigenvalue weighted by Gasteiger charge is 2.31. The van der Waals surface area contributed by atoms with Crippen LogP contribution in [0, 0.1) is 11.3 Å². The first-order valence-electron chi connectivity index (χ1n) is 6.33. The van der Waals surface area contributed by atoms with Crippen molar-refractivity contribution in [2.45, 2.75) is 12.6 Å². The molecule has 1 aromatic rings. The molecule has 2 amide bonds. The molecular formula is C13H15F3N4O2. The number of rotatable bonds is 6. The monoisotopic (exact) mass is 316 g/mol. The fourth-order valence-corrected chi connectivity index (χ4v) is 1.57. The van der Waals surface area contributed by atoms with Gasteiger partial charge in [0.25, 0.3) is 0 Å². The predicted octanol–water partition coefficient (Wildman–Crippen LogP) is 2.49. The zero-order valence-electron chi connectivity index (χ0n) is 11.9. The van der Waals surface area contributed by atoms with E-state index in [0.717, 1.165) is 18.3 Å². The molecule has 6 nitrogen and oxygen atoms in total. The first-order chi connectivity index (χ1) is 10.4. The molecule has 1 N–H and O–H groups in total. The van der Waals surface area contributed by atoms with E-state index < -0.39 is 17.8 Å². The van der Waals surface area contributed by atoms with Crippen molar-refractivity contribution in [3.63, 3.8) is 0 Å². The van der Waals surface area contributed by atoms with E-state index in [4.69, 9.17) is 10.00 Å². The van der Waals surface area contributed by atoms with Gasteiger partial charge >= 0.3 is 12.2 Å². The van der Waals surface area contributed by atoms with Crippen LogP contribution in [0.1, 0.15) is 12.0 Å². The maximum Gasteiger partial charge on any atom is 0.416 e. The minimum atomic E-state index is -4.51. The lowest BCUT2D eigenvalue weighted by Crippen LogP contribution is -2.38. The minimum absolute atomic E-state index is 0.104. The summed E-state index contributed by atoms with van der Waals surface area (Å²) >= 11 is 0. The van der Waals surface area contributed by atoms with Crippen molar-refractivity contribution in [1.29, 1.82) is 5.26 Å². The number of anilines is 1. The molecule has 0 radical (unpaired) electrons. The summed E-state index contributed by atoms with van der Waals surface area (Å²) in [5, 5.41) is 10.8. The molecule has 0 aromatic carbocycles. The first kappa shape index (κ1) is 17.7. The number of hydrogen-bond donors (Lipinski definition) is 1. The van der Waals surface area contributed by atoms with E-state index in [-0.39, 0.29) is 31.9 Å². The average molecular weight is 316 g/mol. The highest BCUT2D eigenvalue weighted by Crippen LogP contribution is 2.29. The van der Waals surface area contributed by atoms with Gasteiger partial charge in [0.15, 0.2) is 0 Å². The number of nitriles is 1. The quantitative estimate of drug-likeness (QED) is 0.874. The maximum atomic E-state index is 12.6. The van der Waals surface area contributed by atoms with Crippen LogP contribution in [0.2, 0.25) is 0 Å². The van der Waals surface area contributed by atoms with Gasteiger partial charge in [0, 0.05) is 26.4 Å². The second-order valence-corrected chi connectivity index (χ2v) is 4.25. The van der Waals surface area contributed by atoms with Gasteiger partial charge in [0.1, 0.15) is 5.82 Å². The Hall–Kier alpha value is -2.34. The lowest BCUT2D eigenvalue weighted by atomic mass is 10.2. The Labute approximate surface area is 125 Å². The van der Waals surface area contributed by atoms with Crippen molar-refractivity contribution in [3.05, 3.63) is 23.9 Å². The third kappa shape index (κ3) is 5.57. The smallest absolute Gasteiger partial charge is 0.383 e. The Kier molecular flexibility index (Phi) is 6.59. The van der Waals surface area contributed by atoms with Crippen molar-refractivity contribution in [3.8, 4) is 6.07 Å². The van der Waals surface area contributed by atoms with E-state index in [1.54, 1.807) is 0 Å². The van der Waals surface area contributed by atoms with Crippen LogP contribution in [0.5, 0.6) is 0 Å². The second kappa shape index (κ2) is 8.19. The molecule has 1 heterocycles. The van der Waals surface area contributed by atoms with Gasteiger partial charge in [-0.25, -0.2) is 9.78 Å². The number of nitrogens with one attached hydrogen (secondary N) is 1. The number of carbonyl (C=O) groups is 1. The summed E-state index contributed by atoms with van der Waals surface area (Å²) in [5.41, 5.74) is -0.904. The summed E-state index contributed by atoms with van der Waals surface area (Å²) in [5.74, 6) is -0.209. The van der Waals surface area contributed by atoms with Gasteiger partial charge in [-0.1, -0.05) is 0 Å². The van der Waals surface area contributed by atoms with Gasteiger partial charge in [0.2, 0.25) is 0 Å². The second-order valence-electron chi connectivity index (χ2n) is 4.25. The Morgan fingerprint density at radius 3 is 2.82 bits per heavy atom. The first-order valence-corrected chi connectivity index (χ1v) is 6.33. The fourth-order valence-electron chi connectivity index (χ4n) is 1.57. The number of nitrogens with zero attached hydrogens (tertiary/aromatic N) is 3. The molecule has 0 aliphatic carbocycles. The summed E-state index contributed by atoms with van der Waals surface area (Å²) in [6.07, 6.45) is -3.45. The molecule has 9 heteroatoms. The van der Waals surface area contributed by atoms with Gasteiger partial charge in [-0.3, -0.25) is 5.32 Å². The normalized spacial score (nSPS) is 10.9. The molecule has 0 atom stereocenters. The van der Waals surface area contributed by atoms with Crippen LogP contribution >= 0.6 is 0 Å².